The Kier molecular flexibility index (Phi) is 2.90. The first-order chi connectivity index (χ1) is 8.28. The normalized spacial score (nSPS) is 19.3. The molecule has 0 radical (unpaired) electrons. The number of nitrogens with zero attached hydrogens (tertiary/aromatic N) is 3. The fraction of sp³-hybridized carbons (Fsp3) is 0.455. The summed E-state index contributed by atoms with van der Waals surface area (Å²) < 4.78 is 2.86. The van der Waals surface area contributed by atoms with Gasteiger partial charge in [-0.25, -0.2) is 0 Å². The molecule has 6 heteroatoms. The summed E-state index contributed by atoms with van der Waals surface area (Å²) in [6, 6.07) is 3.84. The summed E-state index contributed by atoms with van der Waals surface area (Å²) >= 11 is 7.44. The number of hydrogen-bond donors (Lipinski definition) is 1. The van der Waals surface area contributed by atoms with Crippen LogP contribution in [0.4, 0.5) is 0 Å². The predicted octanol–water partition coefficient (Wildman–Crippen LogP) is 2.21. The van der Waals surface area contributed by atoms with E-state index in [1.165, 1.54) is 11.3 Å². The van der Waals surface area contributed by atoms with E-state index in [1.54, 1.807) is 0 Å². The molecule has 4 nitrogen and oxygen atoms in total. The van der Waals surface area contributed by atoms with Crippen molar-refractivity contribution < 1.29 is 5.11 Å². The average molecular weight is 270 g/mol. The maximum absolute atomic E-state index is 9.25. The smallest absolute Gasteiger partial charge is 0.174 e. The molecule has 2 aromatic rings. The minimum atomic E-state index is 0.224. The number of aryl methyl sites for hydroxylation is 1. The number of hydrogen-bond acceptors (Lipinski definition) is 4. The monoisotopic (exact) mass is 269 g/mol. The molecule has 0 aromatic carbocycles. The molecule has 1 aliphatic rings. The fourth-order valence-corrected chi connectivity index (χ4v) is 3.20. The van der Waals surface area contributed by atoms with E-state index in [0.29, 0.717) is 5.92 Å². The van der Waals surface area contributed by atoms with Gasteiger partial charge in [0, 0.05) is 25.5 Å². The average Bonchev–Trinajstić information content (AvgIpc) is 2.93. The largest absolute Gasteiger partial charge is 0.396 e. The van der Waals surface area contributed by atoms with Crippen LogP contribution in [-0.2, 0) is 13.0 Å². The number of thiophene rings is 1. The molecule has 3 heterocycles. The first kappa shape index (κ1) is 11.2. The Bertz CT molecular complexity index is 537. The molecule has 90 valence electrons. The molecule has 2 aromatic heterocycles. The van der Waals surface area contributed by atoms with Gasteiger partial charge in [-0.2, -0.15) is 0 Å². The molecule has 1 unspecified atom stereocenters. The molecular weight excluding hydrogens is 258 g/mol. The summed E-state index contributed by atoms with van der Waals surface area (Å²) in [6.07, 6.45) is 1.87. The van der Waals surface area contributed by atoms with Crippen molar-refractivity contribution >= 4 is 22.9 Å². The van der Waals surface area contributed by atoms with Gasteiger partial charge in [0.25, 0.3) is 0 Å². The second kappa shape index (κ2) is 4.40. The number of aliphatic hydroxyl groups excluding tert-OH is 1. The molecule has 0 saturated carbocycles. The van der Waals surface area contributed by atoms with Crippen LogP contribution in [0.5, 0.6) is 0 Å². The summed E-state index contributed by atoms with van der Waals surface area (Å²) in [5, 5.41) is 17.7. The predicted molar refractivity (Wildman–Crippen MR) is 67.2 cm³/mol. The Labute approximate surface area is 108 Å². The van der Waals surface area contributed by atoms with Crippen LogP contribution in [0.2, 0.25) is 4.34 Å². The molecule has 0 fully saturated rings. The summed E-state index contributed by atoms with van der Waals surface area (Å²) in [5.74, 6) is 2.19. The molecule has 1 aliphatic heterocycles. The quantitative estimate of drug-likeness (QED) is 0.909. The van der Waals surface area contributed by atoms with Gasteiger partial charge in [-0.05, 0) is 18.6 Å². The van der Waals surface area contributed by atoms with Crippen LogP contribution in [0.25, 0.3) is 10.7 Å². The molecule has 0 saturated heterocycles. The zero-order valence-electron chi connectivity index (χ0n) is 9.14. The molecule has 1 N–H and O–H groups in total. The van der Waals surface area contributed by atoms with Crippen molar-refractivity contribution in [3.05, 3.63) is 22.3 Å². The first-order valence-corrected chi connectivity index (χ1v) is 6.76. The topological polar surface area (TPSA) is 50.9 Å². The lowest BCUT2D eigenvalue weighted by Crippen LogP contribution is -2.23. The van der Waals surface area contributed by atoms with Crippen LogP contribution >= 0.6 is 22.9 Å². The van der Waals surface area contributed by atoms with Gasteiger partial charge in [-0.1, -0.05) is 11.6 Å². The van der Waals surface area contributed by atoms with Crippen LogP contribution in [0.1, 0.15) is 12.2 Å². The third-order valence-electron chi connectivity index (χ3n) is 3.10. The second-order valence-electron chi connectivity index (χ2n) is 4.24. The van der Waals surface area contributed by atoms with E-state index in [4.69, 9.17) is 11.6 Å². The maximum atomic E-state index is 9.25. The van der Waals surface area contributed by atoms with Gasteiger partial charge < -0.3 is 9.67 Å². The van der Waals surface area contributed by atoms with Gasteiger partial charge in [0.05, 0.1) is 9.21 Å². The van der Waals surface area contributed by atoms with E-state index in [1.807, 2.05) is 12.1 Å². The Morgan fingerprint density at radius 2 is 2.35 bits per heavy atom. The van der Waals surface area contributed by atoms with Crippen molar-refractivity contribution in [2.24, 2.45) is 5.92 Å². The lowest BCUT2D eigenvalue weighted by Gasteiger charge is -2.22. The molecule has 3 rings (SSSR count). The van der Waals surface area contributed by atoms with Crippen LogP contribution in [0, 0.1) is 5.92 Å². The third-order valence-corrected chi connectivity index (χ3v) is 4.32. The van der Waals surface area contributed by atoms with E-state index in [-0.39, 0.29) is 6.61 Å². The van der Waals surface area contributed by atoms with Crippen molar-refractivity contribution in [1.82, 2.24) is 14.8 Å². The van der Waals surface area contributed by atoms with E-state index in [9.17, 15) is 5.11 Å². The van der Waals surface area contributed by atoms with Crippen molar-refractivity contribution in [3.63, 3.8) is 0 Å². The third kappa shape index (κ3) is 1.99. The summed E-state index contributed by atoms with van der Waals surface area (Å²) in [7, 11) is 0. The van der Waals surface area contributed by atoms with Gasteiger partial charge in [-0.15, -0.1) is 21.5 Å². The highest BCUT2D eigenvalue weighted by Gasteiger charge is 2.23. The lowest BCUT2D eigenvalue weighted by atomic mass is 10.0. The van der Waals surface area contributed by atoms with Crippen LogP contribution in [0.15, 0.2) is 12.1 Å². The number of aliphatic hydroxyl groups is 1. The summed E-state index contributed by atoms with van der Waals surface area (Å²) in [4.78, 5) is 1.03. The van der Waals surface area contributed by atoms with Crippen LogP contribution in [-0.4, -0.2) is 26.5 Å². The summed E-state index contributed by atoms with van der Waals surface area (Å²) in [6.45, 7) is 1.02. The lowest BCUT2D eigenvalue weighted by molar-refractivity contribution is 0.191. The van der Waals surface area contributed by atoms with E-state index < -0.39 is 0 Å². The molecule has 0 amide bonds. The SMILES string of the molecule is OCC1CCc2nnc(-c3ccc(Cl)s3)n2C1. The highest BCUT2D eigenvalue weighted by Crippen LogP contribution is 2.32. The fourth-order valence-electron chi connectivity index (χ4n) is 2.16. The summed E-state index contributed by atoms with van der Waals surface area (Å²) in [5.41, 5.74) is 0. The Morgan fingerprint density at radius 3 is 3.06 bits per heavy atom. The number of halogens is 1. The highest BCUT2D eigenvalue weighted by atomic mass is 35.5. The molecular formula is C11H12ClN3OS. The Hall–Kier alpha value is -0.910. The second-order valence-corrected chi connectivity index (χ2v) is 5.96. The first-order valence-electron chi connectivity index (χ1n) is 5.56. The van der Waals surface area contributed by atoms with E-state index >= 15 is 0 Å². The molecule has 1 atom stereocenters. The number of fused-ring (bicyclic) bond motifs is 1. The minimum absolute atomic E-state index is 0.224. The zero-order chi connectivity index (χ0) is 11.8. The molecule has 0 aliphatic carbocycles. The van der Waals surface area contributed by atoms with Crippen molar-refractivity contribution in [2.75, 3.05) is 6.61 Å². The van der Waals surface area contributed by atoms with Gasteiger partial charge in [0.2, 0.25) is 0 Å². The van der Waals surface area contributed by atoms with Crippen LogP contribution < -0.4 is 0 Å². The Balaban J connectivity index is 2.00. The van der Waals surface area contributed by atoms with Gasteiger partial charge >= 0.3 is 0 Å². The zero-order valence-corrected chi connectivity index (χ0v) is 10.7. The van der Waals surface area contributed by atoms with Gasteiger partial charge in [0.1, 0.15) is 5.82 Å². The van der Waals surface area contributed by atoms with Crippen molar-refractivity contribution in [3.8, 4) is 10.7 Å². The molecule has 0 bridgehead atoms. The standard InChI is InChI=1S/C11H12ClN3OS/c12-9-3-2-8(17-9)11-14-13-10-4-1-7(6-16)5-15(10)11/h2-3,7,16H,1,4-6H2. The molecule has 0 spiro atoms. The molecule has 17 heavy (non-hydrogen) atoms. The minimum Gasteiger partial charge on any atom is -0.396 e. The van der Waals surface area contributed by atoms with Gasteiger partial charge in [0.15, 0.2) is 5.82 Å². The van der Waals surface area contributed by atoms with E-state index in [2.05, 4.69) is 14.8 Å². The van der Waals surface area contributed by atoms with E-state index in [0.717, 1.165) is 40.2 Å². The maximum Gasteiger partial charge on any atom is 0.174 e. The van der Waals surface area contributed by atoms with Gasteiger partial charge in [-0.3, -0.25) is 0 Å². The Morgan fingerprint density at radius 1 is 1.47 bits per heavy atom. The van der Waals surface area contributed by atoms with Crippen molar-refractivity contribution in [2.45, 2.75) is 19.4 Å². The van der Waals surface area contributed by atoms with Crippen LogP contribution in [0.3, 0.4) is 0 Å². The van der Waals surface area contributed by atoms with Crippen molar-refractivity contribution in [1.29, 1.82) is 0 Å². The number of rotatable bonds is 2. The highest BCUT2D eigenvalue weighted by molar-refractivity contribution is 7.19. The number of aromatic nitrogens is 3.